The first-order valence-corrected chi connectivity index (χ1v) is 10.1. The molecule has 0 spiro atoms. The molecule has 0 bridgehead atoms. The number of benzene rings is 4. The van der Waals surface area contributed by atoms with E-state index in [0.29, 0.717) is 11.1 Å². The Labute approximate surface area is 187 Å². The van der Waals surface area contributed by atoms with E-state index < -0.39 is 5.97 Å². The molecule has 0 heterocycles. The fraction of sp³-hybridized carbons (Fsp3) is 0.0357. The number of rotatable bonds is 6. The highest BCUT2D eigenvalue weighted by atomic mass is 16.5. The monoisotopic (exact) mass is 422 g/mol. The molecule has 0 aliphatic rings. The van der Waals surface area contributed by atoms with Crippen LogP contribution in [0.3, 0.4) is 0 Å². The van der Waals surface area contributed by atoms with Crippen LogP contribution in [0.4, 0.5) is 0 Å². The van der Waals surface area contributed by atoms with E-state index in [1.165, 1.54) is 0 Å². The summed E-state index contributed by atoms with van der Waals surface area (Å²) >= 11 is 0. The van der Waals surface area contributed by atoms with Crippen molar-refractivity contribution in [2.75, 3.05) is 6.61 Å². The molecule has 0 amide bonds. The molecule has 0 N–H and O–H groups in total. The lowest BCUT2D eigenvalue weighted by Gasteiger charge is -2.04. The second kappa shape index (κ2) is 11.8. The Kier molecular flexibility index (Phi) is 8.23. The van der Waals surface area contributed by atoms with Crippen LogP contribution in [0.5, 0.6) is 0 Å². The van der Waals surface area contributed by atoms with Crippen LogP contribution < -0.4 is 0 Å². The molecule has 0 aliphatic heterocycles. The van der Waals surface area contributed by atoms with Gasteiger partial charge in [0.25, 0.3) is 0 Å². The van der Waals surface area contributed by atoms with Gasteiger partial charge in [-0.2, -0.15) is 0 Å². The normalized spacial score (nSPS) is 9.75. The number of carbonyl (C=O) groups is 3. The van der Waals surface area contributed by atoms with Gasteiger partial charge in [0.15, 0.2) is 18.2 Å². The molecule has 0 fully saturated rings. The van der Waals surface area contributed by atoms with Gasteiger partial charge in [0, 0.05) is 16.7 Å². The van der Waals surface area contributed by atoms with Crippen LogP contribution in [-0.4, -0.2) is 24.1 Å². The first-order valence-electron chi connectivity index (χ1n) is 10.1. The Morgan fingerprint density at radius 1 is 0.469 bits per heavy atom. The lowest BCUT2D eigenvalue weighted by atomic mass is 10.0. The lowest BCUT2D eigenvalue weighted by Crippen LogP contribution is -2.14. The maximum atomic E-state index is 11.8. The molecule has 4 nitrogen and oxygen atoms in total. The van der Waals surface area contributed by atoms with Gasteiger partial charge in [-0.1, -0.05) is 109 Å². The highest BCUT2D eigenvalue weighted by Crippen LogP contribution is 2.08. The van der Waals surface area contributed by atoms with Crippen molar-refractivity contribution >= 4 is 17.5 Å². The van der Waals surface area contributed by atoms with Crippen LogP contribution in [0.25, 0.3) is 0 Å². The zero-order valence-corrected chi connectivity index (χ0v) is 17.4. The molecule has 0 radical (unpaired) electrons. The van der Waals surface area contributed by atoms with Crippen LogP contribution in [0, 0.1) is 0 Å². The molecule has 0 saturated carbocycles. The predicted octanol–water partition coefficient (Wildman–Crippen LogP) is 5.64. The third kappa shape index (κ3) is 6.61. The topological polar surface area (TPSA) is 60.4 Å². The Bertz CT molecular complexity index is 1050. The summed E-state index contributed by atoms with van der Waals surface area (Å²) in [6.45, 7) is -0.238. The second-order valence-electron chi connectivity index (χ2n) is 6.79. The molecule has 0 unspecified atom stereocenters. The fourth-order valence-electron chi connectivity index (χ4n) is 2.84. The summed E-state index contributed by atoms with van der Waals surface area (Å²) < 4.78 is 4.96. The first-order chi connectivity index (χ1) is 15.6. The maximum absolute atomic E-state index is 11.8. The number of Topliss-reactive ketones (excluding diaryl/α,β-unsaturated/α-hetero) is 1. The van der Waals surface area contributed by atoms with E-state index in [1.807, 2.05) is 72.8 Å². The van der Waals surface area contributed by atoms with E-state index in [-0.39, 0.29) is 18.2 Å². The van der Waals surface area contributed by atoms with E-state index in [0.717, 1.165) is 11.1 Å². The van der Waals surface area contributed by atoms with Crippen molar-refractivity contribution in [3.63, 3.8) is 0 Å². The van der Waals surface area contributed by atoms with Crippen LogP contribution in [0.15, 0.2) is 121 Å². The molecular weight excluding hydrogens is 400 g/mol. The highest BCUT2D eigenvalue weighted by molar-refractivity contribution is 6.08. The van der Waals surface area contributed by atoms with E-state index >= 15 is 0 Å². The van der Waals surface area contributed by atoms with Gasteiger partial charge in [0.05, 0.1) is 5.56 Å². The van der Waals surface area contributed by atoms with Crippen LogP contribution in [0.2, 0.25) is 0 Å². The summed E-state index contributed by atoms with van der Waals surface area (Å²) in [5, 5.41) is 0. The third-order valence-electron chi connectivity index (χ3n) is 4.51. The number of ether oxygens (including phenoxy) is 1. The van der Waals surface area contributed by atoms with Crippen molar-refractivity contribution in [2.45, 2.75) is 0 Å². The van der Waals surface area contributed by atoms with E-state index in [2.05, 4.69) is 0 Å². The van der Waals surface area contributed by atoms with Gasteiger partial charge in [-0.15, -0.1) is 0 Å². The largest absolute Gasteiger partial charge is 0.454 e. The van der Waals surface area contributed by atoms with Gasteiger partial charge in [0.1, 0.15) is 0 Å². The van der Waals surface area contributed by atoms with Crippen molar-refractivity contribution in [1.82, 2.24) is 0 Å². The zero-order chi connectivity index (χ0) is 22.6. The van der Waals surface area contributed by atoms with Crippen molar-refractivity contribution in [3.8, 4) is 0 Å². The quantitative estimate of drug-likeness (QED) is 0.298. The fourth-order valence-corrected chi connectivity index (χ4v) is 2.84. The standard InChI is InChI=1S/C15H12O3.C13H10O/c16-14(12-7-3-1-4-8-12)11-18-15(17)13-9-5-2-6-10-13;14-13(11-7-3-1-4-8-11)12-9-5-2-6-10-12/h1-10H,11H2;1-10H. The molecular formula is C28H22O4. The zero-order valence-electron chi connectivity index (χ0n) is 17.4. The van der Waals surface area contributed by atoms with E-state index in [1.54, 1.807) is 48.5 Å². The highest BCUT2D eigenvalue weighted by Gasteiger charge is 2.10. The molecule has 4 rings (SSSR count). The number of ketones is 2. The number of hydrogen-bond donors (Lipinski definition) is 0. The van der Waals surface area contributed by atoms with Crippen LogP contribution in [0.1, 0.15) is 36.6 Å². The van der Waals surface area contributed by atoms with Crippen molar-refractivity contribution in [3.05, 3.63) is 144 Å². The SMILES string of the molecule is O=C(COC(=O)c1ccccc1)c1ccccc1.O=C(c1ccccc1)c1ccccc1. The van der Waals surface area contributed by atoms with Gasteiger partial charge < -0.3 is 4.74 Å². The molecule has 158 valence electrons. The Balaban J connectivity index is 0.000000186. The minimum absolute atomic E-state index is 0.0752. The van der Waals surface area contributed by atoms with Gasteiger partial charge in [0.2, 0.25) is 0 Å². The molecule has 4 heteroatoms. The number of hydrogen-bond acceptors (Lipinski definition) is 4. The second-order valence-corrected chi connectivity index (χ2v) is 6.79. The lowest BCUT2D eigenvalue weighted by molar-refractivity contribution is 0.0474. The maximum Gasteiger partial charge on any atom is 0.338 e. The Morgan fingerprint density at radius 3 is 1.22 bits per heavy atom. The molecule has 0 saturated heterocycles. The summed E-state index contributed by atoms with van der Waals surface area (Å²) in [7, 11) is 0. The molecule has 0 aromatic heterocycles. The summed E-state index contributed by atoms with van der Waals surface area (Å²) in [6.07, 6.45) is 0. The van der Waals surface area contributed by atoms with Crippen LogP contribution >= 0.6 is 0 Å². The molecule has 4 aromatic carbocycles. The minimum Gasteiger partial charge on any atom is -0.454 e. The number of esters is 1. The first kappa shape index (κ1) is 22.4. The van der Waals surface area contributed by atoms with Gasteiger partial charge in [-0.25, -0.2) is 4.79 Å². The van der Waals surface area contributed by atoms with Gasteiger partial charge in [-0.05, 0) is 12.1 Å². The van der Waals surface area contributed by atoms with Gasteiger partial charge in [-0.3, -0.25) is 9.59 Å². The molecule has 4 aromatic rings. The van der Waals surface area contributed by atoms with Gasteiger partial charge >= 0.3 is 5.97 Å². The average molecular weight is 422 g/mol. The molecule has 32 heavy (non-hydrogen) atoms. The summed E-state index contributed by atoms with van der Waals surface area (Å²) in [6, 6.07) is 36.0. The van der Waals surface area contributed by atoms with Crippen LogP contribution in [-0.2, 0) is 4.74 Å². The molecule has 0 atom stereocenters. The van der Waals surface area contributed by atoms with Crippen molar-refractivity contribution < 1.29 is 19.1 Å². The Morgan fingerprint density at radius 2 is 0.812 bits per heavy atom. The number of carbonyl (C=O) groups excluding carboxylic acids is 3. The smallest absolute Gasteiger partial charge is 0.338 e. The minimum atomic E-state index is -0.486. The molecule has 0 aliphatic carbocycles. The summed E-state index contributed by atoms with van der Waals surface area (Å²) in [4.78, 5) is 35.2. The third-order valence-corrected chi connectivity index (χ3v) is 4.51. The van der Waals surface area contributed by atoms with E-state index in [9.17, 15) is 14.4 Å². The predicted molar refractivity (Wildman–Crippen MR) is 124 cm³/mol. The van der Waals surface area contributed by atoms with Crippen molar-refractivity contribution in [2.24, 2.45) is 0 Å². The average Bonchev–Trinajstić information content (AvgIpc) is 2.89. The van der Waals surface area contributed by atoms with E-state index in [4.69, 9.17) is 4.74 Å². The Hall–Kier alpha value is -4.31. The summed E-state index contributed by atoms with van der Waals surface area (Å²) in [5.41, 5.74) is 2.45. The summed E-state index contributed by atoms with van der Waals surface area (Å²) in [5.74, 6) is -0.619. The van der Waals surface area contributed by atoms with Crippen molar-refractivity contribution in [1.29, 1.82) is 0 Å².